The van der Waals surface area contributed by atoms with Gasteiger partial charge in [-0.2, -0.15) is 8.42 Å². The van der Waals surface area contributed by atoms with Crippen molar-refractivity contribution in [3.8, 4) is 5.75 Å². The first-order chi connectivity index (χ1) is 11.4. The van der Waals surface area contributed by atoms with E-state index in [1.165, 1.54) is 7.11 Å². The molecule has 130 valence electrons. The summed E-state index contributed by atoms with van der Waals surface area (Å²) in [6, 6.07) is 10.0. The summed E-state index contributed by atoms with van der Waals surface area (Å²) in [6.45, 7) is 0.620. The summed E-state index contributed by atoms with van der Waals surface area (Å²) in [5, 5.41) is 0. The van der Waals surface area contributed by atoms with Crippen LogP contribution in [0.5, 0.6) is 5.75 Å². The van der Waals surface area contributed by atoms with E-state index in [0.717, 1.165) is 11.8 Å². The molecule has 0 spiro atoms. The van der Waals surface area contributed by atoms with Crippen molar-refractivity contribution in [3.05, 3.63) is 54.0 Å². The van der Waals surface area contributed by atoms with E-state index in [1.807, 2.05) is 0 Å². The van der Waals surface area contributed by atoms with E-state index in [2.05, 4.69) is 0 Å². The SMILES string of the molecule is COCC(=O)N(Cc1ccc(OS(C)(=O)=O)cc1)Cc1ccco1. The maximum atomic E-state index is 12.2. The molecule has 2 rings (SSSR count). The lowest BCUT2D eigenvalue weighted by atomic mass is 10.2. The predicted molar refractivity (Wildman–Crippen MR) is 86.8 cm³/mol. The zero-order valence-corrected chi connectivity index (χ0v) is 14.3. The lowest BCUT2D eigenvalue weighted by molar-refractivity contribution is -0.136. The van der Waals surface area contributed by atoms with Crippen LogP contribution >= 0.6 is 0 Å². The van der Waals surface area contributed by atoms with Crippen LogP contribution in [0.4, 0.5) is 0 Å². The molecule has 24 heavy (non-hydrogen) atoms. The van der Waals surface area contributed by atoms with E-state index in [9.17, 15) is 13.2 Å². The van der Waals surface area contributed by atoms with Gasteiger partial charge in [0.1, 0.15) is 18.1 Å². The number of carbonyl (C=O) groups excluding carboxylic acids is 1. The summed E-state index contributed by atoms with van der Waals surface area (Å²) >= 11 is 0. The first-order valence-electron chi connectivity index (χ1n) is 7.15. The number of nitrogens with zero attached hydrogens (tertiary/aromatic N) is 1. The molecule has 0 bridgehead atoms. The average Bonchev–Trinajstić information content (AvgIpc) is 3.00. The largest absolute Gasteiger partial charge is 0.467 e. The molecule has 0 atom stereocenters. The van der Waals surface area contributed by atoms with E-state index in [-0.39, 0.29) is 18.3 Å². The van der Waals surface area contributed by atoms with Gasteiger partial charge in [-0.1, -0.05) is 12.1 Å². The highest BCUT2D eigenvalue weighted by atomic mass is 32.2. The molecule has 0 aliphatic rings. The summed E-state index contributed by atoms with van der Waals surface area (Å²) in [7, 11) is -2.10. The van der Waals surface area contributed by atoms with Crippen molar-refractivity contribution in [2.75, 3.05) is 20.0 Å². The fraction of sp³-hybridized carbons (Fsp3) is 0.312. The number of hydrogen-bond donors (Lipinski definition) is 0. The second-order valence-corrected chi connectivity index (χ2v) is 6.77. The van der Waals surface area contributed by atoms with Crippen molar-refractivity contribution in [2.24, 2.45) is 0 Å². The number of amides is 1. The molecule has 7 nitrogen and oxygen atoms in total. The van der Waals surface area contributed by atoms with Gasteiger partial charge in [-0.15, -0.1) is 0 Å². The number of carbonyl (C=O) groups is 1. The molecule has 1 aromatic heterocycles. The lowest BCUT2D eigenvalue weighted by Gasteiger charge is -2.21. The molecule has 1 amide bonds. The van der Waals surface area contributed by atoms with Crippen LogP contribution in [0.1, 0.15) is 11.3 Å². The van der Waals surface area contributed by atoms with Crippen molar-refractivity contribution < 1.29 is 26.5 Å². The maximum Gasteiger partial charge on any atom is 0.306 e. The second-order valence-electron chi connectivity index (χ2n) is 5.19. The molecule has 8 heteroatoms. The highest BCUT2D eigenvalue weighted by Crippen LogP contribution is 2.16. The summed E-state index contributed by atoms with van der Waals surface area (Å²) in [5.74, 6) is 0.712. The predicted octanol–water partition coefficient (Wildman–Crippen LogP) is 1.79. The molecule has 0 fully saturated rings. The van der Waals surface area contributed by atoms with Crippen molar-refractivity contribution in [2.45, 2.75) is 13.1 Å². The lowest BCUT2D eigenvalue weighted by Crippen LogP contribution is -2.32. The third-order valence-electron chi connectivity index (χ3n) is 3.09. The minimum atomic E-state index is -3.56. The number of furan rings is 1. The van der Waals surface area contributed by atoms with Crippen LogP contribution in [-0.4, -0.2) is 39.2 Å². The number of hydrogen-bond acceptors (Lipinski definition) is 6. The number of rotatable bonds is 8. The quantitative estimate of drug-likeness (QED) is 0.673. The van der Waals surface area contributed by atoms with Crippen LogP contribution in [0.25, 0.3) is 0 Å². The van der Waals surface area contributed by atoms with Crippen molar-refractivity contribution in [1.29, 1.82) is 0 Å². The smallest absolute Gasteiger partial charge is 0.306 e. The third-order valence-corrected chi connectivity index (χ3v) is 3.59. The van der Waals surface area contributed by atoms with E-state index in [4.69, 9.17) is 13.3 Å². The molecule has 0 aliphatic carbocycles. The van der Waals surface area contributed by atoms with E-state index in [0.29, 0.717) is 18.8 Å². The molecule has 0 unspecified atom stereocenters. The van der Waals surface area contributed by atoms with Gasteiger partial charge in [0.25, 0.3) is 0 Å². The summed E-state index contributed by atoms with van der Waals surface area (Å²) in [4.78, 5) is 13.8. The Bertz CT molecular complexity index is 752. The van der Waals surface area contributed by atoms with Gasteiger partial charge in [0.05, 0.1) is 19.1 Å². The molecule has 1 aromatic carbocycles. The van der Waals surface area contributed by atoms with Crippen molar-refractivity contribution in [3.63, 3.8) is 0 Å². The van der Waals surface area contributed by atoms with Crippen LogP contribution in [0, 0.1) is 0 Å². The topological polar surface area (TPSA) is 86.0 Å². The fourth-order valence-corrected chi connectivity index (χ4v) is 2.54. The number of ether oxygens (including phenoxy) is 1. The molecule has 0 saturated carbocycles. The van der Waals surface area contributed by atoms with Crippen LogP contribution in [0.3, 0.4) is 0 Å². The van der Waals surface area contributed by atoms with Gasteiger partial charge in [-0.25, -0.2) is 0 Å². The Labute approximate surface area is 140 Å². The van der Waals surface area contributed by atoms with Gasteiger partial charge in [0.15, 0.2) is 0 Å². The molecule has 0 radical (unpaired) electrons. The maximum absolute atomic E-state index is 12.2. The third kappa shape index (κ3) is 5.71. The Kier molecular flexibility index (Phi) is 5.99. The molecule has 1 heterocycles. The Morgan fingerprint density at radius 2 is 1.88 bits per heavy atom. The summed E-state index contributed by atoms with van der Waals surface area (Å²) in [6.07, 6.45) is 2.53. The molecular formula is C16H19NO6S. The summed E-state index contributed by atoms with van der Waals surface area (Å²) < 4.78 is 37.2. The van der Waals surface area contributed by atoms with Crippen LogP contribution in [-0.2, 0) is 32.7 Å². The zero-order chi connectivity index (χ0) is 17.6. The fourth-order valence-electron chi connectivity index (χ4n) is 2.08. The van der Waals surface area contributed by atoms with Crippen LogP contribution in [0.15, 0.2) is 47.1 Å². The highest BCUT2D eigenvalue weighted by Gasteiger charge is 2.16. The van der Waals surface area contributed by atoms with Crippen LogP contribution in [0.2, 0.25) is 0 Å². The van der Waals surface area contributed by atoms with E-state index in [1.54, 1.807) is 47.6 Å². The molecule has 0 N–H and O–H groups in total. The van der Waals surface area contributed by atoms with Gasteiger partial charge in [0, 0.05) is 13.7 Å². The minimum Gasteiger partial charge on any atom is -0.467 e. The van der Waals surface area contributed by atoms with E-state index < -0.39 is 10.1 Å². The van der Waals surface area contributed by atoms with Gasteiger partial charge in [-0.05, 0) is 29.8 Å². The minimum absolute atomic E-state index is 0.0318. The number of methoxy groups -OCH3 is 1. The zero-order valence-electron chi connectivity index (χ0n) is 13.5. The Hall–Kier alpha value is -2.32. The Morgan fingerprint density at radius 3 is 2.42 bits per heavy atom. The van der Waals surface area contributed by atoms with Gasteiger partial charge in [-0.3, -0.25) is 4.79 Å². The van der Waals surface area contributed by atoms with E-state index >= 15 is 0 Å². The molecule has 0 aliphatic heterocycles. The number of benzene rings is 1. The Morgan fingerprint density at radius 1 is 1.17 bits per heavy atom. The average molecular weight is 353 g/mol. The monoisotopic (exact) mass is 353 g/mol. The van der Waals surface area contributed by atoms with Crippen molar-refractivity contribution >= 4 is 16.0 Å². The second kappa shape index (κ2) is 7.98. The molecular weight excluding hydrogens is 334 g/mol. The standard InChI is InChI=1S/C16H19NO6S/c1-21-12-16(18)17(11-15-4-3-9-22-15)10-13-5-7-14(8-6-13)23-24(2,19)20/h3-9H,10-12H2,1-2H3. The first kappa shape index (κ1) is 18.0. The Balaban J connectivity index is 2.09. The summed E-state index contributed by atoms with van der Waals surface area (Å²) in [5.41, 5.74) is 0.826. The molecule has 0 saturated heterocycles. The van der Waals surface area contributed by atoms with Gasteiger partial charge < -0.3 is 18.2 Å². The van der Waals surface area contributed by atoms with Crippen LogP contribution < -0.4 is 4.18 Å². The van der Waals surface area contributed by atoms with Gasteiger partial charge in [0.2, 0.25) is 5.91 Å². The normalized spacial score (nSPS) is 11.2. The van der Waals surface area contributed by atoms with Gasteiger partial charge >= 0.3 is 10.1 Å². The highest BCUT2D eigenvalue weighted by molar-refractivity contribution is 7.86. The molecule has 2 aromatic rings. The van der Waals surface area contributed by atoms with Crippen molar-refractivity contribution in [1.82, 2.24) is 4.90 Å². The first-order valence-corrected chi connectivity index (χ1v) is 8.96.